The van der Waals surface area contributed by atoms with Crippen molar-refractivity contribution in [3.63, 3.8) is 0 Å². The van der Waals surface area contributed by atoms with E-state index in [9.17, 15) is 0 Å². The lowest BCUT2D eigenvalue weighted by atomic mass is 10.1. The van der Waals surface area contributed by atoms with Crippen LogP contribution in [0.5, 0.6) is 0 Å². The predicted octanol–water partition coefficient (Wildman–Crippen LogP) is 4.06. The fourth-order valence-electron chi connectivity index (χ4n) is 3.16. The standard InChI is InChI=1S/C18H19N3S/c1-2-13-6-3-4-8-17(13)21-18-15(9-10-19-18)16(20-21)12-14-7-5-11-22-14/h3-8,11,19H,2,9-10,12H2,1H3. The maximum Gasteiger partial charge on any atom is 0.133 e. The predicted molar refractivity (Wildman–Crippen MR) is 92.3 cm³/mol. The number of para-hydroxylation sites is 1. The molecular formula is C18H19N3S. The Kier molecular flexibility index (Phi) is 3.47. The van der Waals surface area contributed by atoms with Crippen molar-refractivity contribution in [2.75, 3.05) is 11.9 Å². The van der Waals surface area contributed by atoms with Crippen molar-refractivity contribution in [2.45, 2.75) is 26.2 Å². The van der Waals surface area contributed by atoms with Gasteiger partial charge in [0.2, 0.25) is 0 Å². The van der Waals surface area contributed by atoms with Gasteiger partial charge >= 0.3 is 0 Å². The van der Waals surface area contributed by atoms with Gasteiger partial charge in [0.15, 0.2) is 0 Å². The number of benzene rings is 1. The second-order valence-corrected chi connectivity index (χ2v) is 6.63. The summed E-state index contributed by atoms with van der Waals surface area (Å²) < 4.78 is 2.12. The molecule has 0 aliphatic carbocycles. The molecule has 1 aromatic carbocycles. The van der Waals surface area contributed by atoms with Gasteiger partial charge in [0, 0.05) is 23.4 Å². The first-order valence-corrected chi connectivity index (χ1v) is 8.70. The maximum absolute atomic E-state index is 4.95. The van der Waals surface area contributed by atoms with Gasteiger partial charge in [-0.15, -0.1) is 11.3 Å². The highest BCUT2D eigenvalue weighted by Gasteiger charge is 2.23. The number of thiophene rings is 1. The quantitative estimate of drug-likeness (QED) is 0.788. The molecule has 0 bridgehead atoms. The van der Waals surface area contributed by atoms with Crippen LogP contribution in [0.1, 0.15) is 28.6 Å². The Hall–Kier alpha value is -2.07. The van der Waals surface area contributed by atoms with Crippen LogP contribution in [-0.4, -0.2) is 16.3 Å². The normalized spacial score (nSPS) is 13.1. The highest BCUT2D eigenvalue weighted by molar-refractivity contribution is 7.09. The Morgan fingerprint density at radius 2 is 2.14 bits per heavy atom. The van der Waals surface area contributed by atoms with Crippen LogP contribution in [-0.2, 0) is 19.3 Å². The minimum atomic E-state index is 0.934. The number of rotatable bonds is 4. The van der Waals surface area contributed by atoms with Gasteiger partial charge in [-0.1, -0.05) is 31.2 Å². The molecule has 0 amide bonds. The van der Waals surface area contributed by atoms with Crippen molar-refractivity contribution in [2.24, 2.45) is 0 Å². The SMILES string of the molecule is CCc1ccccc1-n1nc(Cc2cccs2)c2c1NCC2. The molecule has 112 valence electrons. The van der Waals surface area contributed by atoms with E-state index < -0.39 is 0 Å². The molecule has 1 aliphatic rings. The second kappa shape index (κ2) is 5.61. The summed E-state index contributed by atoms with van der Waals surface area (Å²) in [5, 5.41) is 10.6. The number of nitrogens with zero attached hydrogens (tertiary/aromatic N) is 2. The molecule has 0 saturated carbocycles. The summed E-state index contributed by atoms with van der Waals surface area (Å²) in [6.45, 7) is 3.21. The van der Waals surface area contributed by atoms with Crippen molar-refractivity contribution in [3.05, 3.63) is 63.5 Å². The Labute approximate surface area is 134 Å². The third-order valence-corrected chi connectivity index (χ3v) is 5.13. The van der Waals surface area contributed by atoms with Gasteiger partial charge in [0.1, 0.15) is 5.82 Å². The number of hydrogen-bond acceptors (Lipinski definition) is 3. The zero-order valence-corrected chi connectivity index (χ0v) is 13.5. The fourth-order valence-corrected chi connectivity index (χ4v) is 3.87. The molecule has 3 heterocycles. The van der Waals surface area contributed by atoms with Crippen molar-refractivity contribution in [1.29, 1.82) is 0 Å². The van der Waals surface area contributed by atoms with Gasteiger partial charge < -0.3 is 5.32 Å². The Balaban J connectivity index is 1.81. The Bertz CT molecular complexity index is 787. The summed E-state index contributed by atoms with van der Waals surface area (Å²) in [6.07, 6.45) is 3.03. The van der Waals surface area contributed by atoms with E-state index in [0.717, 1.165) is 25.8 Å². The van der Waals surface area contributed by atoms with Crippen LogP contribution < -0.4 is 5.32 Å². The van der Waals surface area contributed by atoms with Crippen LogP contribution in [0.15, 0.2) is 41.8 Å². The molecule has 0 saturated heterocycles. The first kappa shape index (κ1) is 13.6. The zero-order valence-electron chi connectivity index (χ0n) is 12.7. The average molecular weight is 309 g/mol. The molecule has 0 radical (unpaired) electrons. The van der Waals surface area contributed by atoms with Crippen LogP contribution in [0.25, 0.3) is 5.69 Å². The highest BCUT2D eigenvalue weighted by atomic mass is 32.1. The van der Waals surface area contributed by atoms with Gasteiger partial charge in [-0.25, -0.2) is 4.68 Å². The lowest BCUT2D eigenvalue weighted by Crippen LogP contribution is -2.07. The summed E-state index contributed by atoms with van der Waals surface area (Å²) in [5.74, 6) is 1.19. The third-order valence-electron chi connectivity index (χ3n) is 4.26. The monoisotopic (exact) mass is 309 g/mol. The minimum Gasteiger partial charge on any atom is -0.369 e. The topological polar surface area (TPSA) is 29.9 Å². The molecule has 3 nitrogen and oxygen atoms in total. The molecule has 0 fully saturated rings. The summed E-state index contributed by atoms with van der Waals surface area (Å²) in [4.78, 5) is 1.38. The number of aryl methyl sites for hydroxylation is 1. The van der Waals surface area contributed by atoms with E-state index in [1.807, 2.05) is 0 Å². The van der Waals surface area contributed by atoms with Gasteiger partial charge in [0.25, 0.3) is 0 Å². The molecule has 2 aromatic heterocycles. The Morgan fingerprint density at radius 3 is 2.95 bits per heavy atom. The van der Waals surface area contributed by atoms with Gasteiger partial charge in [-0.2, -0.15) is 5.10 Å². The number of aromatic nitrogens is 2. The second-order valence-electron chi connectivity index (χ2n) is 5.60. The summed E-state index contributed by atoms with van der Waals surface area (Å²) in [7, 11) is 0. The zero-order chi connectivity index (χ0) is 14.9. The minimum absolute atomic E-state index is 0.934. The number of fused-ring (bicyclic) bond motifs is 1. The first-order chi connectivity index (χ1) is 10.9. The van der Waals surface area contributed by atoms with Crippen molar-refractivity contribution in [1.82, 2.24) is 9.78 Å². The van der Waals surface area contributed by atoms with Crippen molar-refractivity contribution >= 4 is 17.2 Å². The van der Waals surface area contributed by atoms with Crippen LogP contribution in [0, 0.1) is 0 Å². The van der Waals surface area contributed by atoms with Gasteiger partial charge in [-0.05, 0) is 35.9 Å². The molecule has 3 aromatic rings. The fraction of sp³-hybridized carbons (Fsp3) is 0.278. The molecule has 4 heteroatoms. The van der Waals surface area contributed by atoms with Gasteiger partial charge in [0.05, 0.1) is 11.4 Å². The molecule has 0 spiro atoms. The molecule has 1 aliphatic heterocycles. The smallest absolute Gasteiger partial charge is 0.133 e. The van der Waals surface area contributed by atoms with Crippen LogP contribution >= 0.6 is 11.3 Å². The number of nitrogens with one attached hydrogen (secondary N) is 1. The largest absolute Gasteiger partial charge is 0.369 e. The van der Waals surface area contributed by atoms with E-state index in [0.29, 0.717) is 0 Å². The highest BCUT2D eigenvalue weighted by Crippen LogP contribution is 2.31. The van der Waals surface area contributed by atoms with E-state index in [1.54, 1.807) is 11.3 Å². The third kappa shape index (κ3) is 2.24. The van der Waals surface area contributed by atoms with Gasteiger partial charge in [-0.3, -0.25) is 0 Å². The van der Waals surface area contributed by atoms with E-state index in [4.69, 9.17) is 5.10 Å². The number of hydrogen-bond donors (Lipinski definition) is 1. The van der Waals surface area contributed by atoms with E-state index >= 15 is 0 Å². The van der Waals surface area contributed by atoms with E-state index in [1.165, 1.54) is 33.2 Å². The van der Waals surface area contributed by atoms with Crippen molar-refractivity contribution in [3.8, 4) is 5.69 Å². The summed E-state index contributed by atoms with van der Waals surface area (Å²) in [6, 6.07) is 12.9. The summed E-state index contributed by atoms with van der Waals surface area (Å²) in [5.41, 5.74) is 5.14. The maximum atomic E-state index is 4.95. The molecule has 1 N–H and O–H groups in total. The van der Waals surface area contributed by atoms with Crippen LogP contribution in [0.3, 0.4) is 0 Å². The average Bonchev–Trinajstić information content (AvgIpc) is 3.26. The molecule has 0 unspecified atom stereocenters. The molecule has 0 atom stereocenters. The molecule has 22 heavy (non-hydrogen) atoms. The van der Waals surface area contributed by atoms with Crippen molar-refractivity contribution < 1.29 is 0 Å². The summed E-state index contributed by atoms with van der Waals surface area (Å²) >= 11 is 1.81. The van der Waals surface area contributed by atoms with Crippen LogP contribution in [0.4, 0.5) is 5.82 Å². The Morgan fingerprint density at radius 1 is 1.23 bits per heavy atom. The van der Waals surface area contributed by atoms with E-state index in [2.05, 4.69) is 58.7 Å². The van der Waals surface area contributed by atoms with E-state index in [-0.39, 0.29) is 0 Å². The molecular weight excluding hydrogens is 290 g/mol. The van der Waals surface area contributed by atoms with Crippen LogP contribution in [0.2, 0.25) is 0 Å². The first-order valence-electron chi connectivity index (χ1n) is 7.82. The lowest BCUT2D eigenvalue weighted by molar-refractivity contribution is 0.831. The lowest BCUT2D eigenvalue weighted by Gasteiger charge is -2.10. The molecule has 4 rings (SSSR count). The number of anilines is 1.